The van der Waals surface area contributed by atoms with Gasteiger partial charge in [0.2, 0.25) is 5.28 Å². The van der Waals surface area contributed by atoms with Crippen molar-refractivity contribution in [2.24, 2.45) is 11.8 Å². The molecule has 27 heavy (non-hydrogen) atoms. The molecule has 3 fully saturated rings. The number of thiophene rings is 1. The van der Waals surface area contributed by atoms with E-state index in [9.17, 15) is 0 Å². The fourth-order valence-electron chi connectivity index (χ4n) is 4.35. The van der Waals surface area contributed by atoms with Crippen LogP contribution in [0.1, 0.15) is 30.6 Å². The lowest BCUT2D eigenvalue weighted by Gasteiger charge is -2.31. The van der Waals surface area contributed by atoms with Crippen molar-refractivity contribution >= 4 is 39.0 Å². The van der Waals surface area contributed by atoms with E-state index in [4.69, 9.17) is 16.3 Å². The van der Waals surface area contributed by atoms with E-state index in [0.29, 0.717) is 5.28 Å². The molecule has 0 spiro atoms. The molecule has 5 rings (SSSR count). The van der Waals surface area contributed by atoms with Crippen molar-refractivity contribution < 1.29 is 4.74 Å². The van der Waals surface area contributed by atoms with Crippen molar-refractivity contribution in [1.82, 2.24) is 14.9 Å². The Hall–Kier alpha value is -0.950. The number of fused-ring (bicyclic) bond motifs is 1. The van der Waals surface area contributed by atoms with Crippen molar-refractivity contribution in [2.45, 2.75) is 32.1 Å². The van der Waals surface area contributed by atoms with Crippen molar-refractivity contribution in [3.63, 3.8) is 0 Å². The first kappa shape index (κ1) is 18.1. The second kappa shape index (κ2) is 7.82. The Morgan fingerprint density at radius 2 is 1.81 bits per heavy atom. The first-order valence-electron chi connectivity index (χ1n) is 10.3. The number of nitrogens with zero attached hydrogens (tertiary/aromatic N) is 4. The van der Waals surface area contributed by atoms with E-state index in [0.717, 1.165) is 49.5 Å². The van der Waals surface area contributed by atoms with Crippen LogP contribution in [0.25, 0.3) is 10.2 Å². The summed E-state index contributed by atoms with van der Waals surface area (Å²) in [6.45, 7) is 7.13. The number of piperidine rings is 1. The molecule has 2 aliphatic heterocycles. The molecule has 0 aromatic carbocycles. The minimum absolute atomic E-state index is 0.349. The van der Waals surface area contributed by atoms with E-state index in [1.165, 1.54) is 61.3 Å². The van der Waals surface area contributed by atoms with Crippen LogP contribution in [-0.4, -0.2) is 60.8 Å². The summed E-state index contributed by atoms with van der Waals surface area (Å²) in [7, 11) is 0. The molecule has 0 unspecified atom stereocenters. The number of aromatic nitrogens is 2. The number of ether oxygens (including phenoxy) is 1. The normalized spacial score (nSPS) is 22.6. The Morgan fingerprint density at radius 1 is 1.04 bits per heavy atom. The van der Waals surface area contributed by atoms with Crippen LogP contribution in [0, 0.1) is 11.8 Å². The van der Waals surface area contributed by atoms with E-state index >= 15 is 0 Å². The van der Waals surface area contributed by atoms with Gasteiger partial charge in [0.25, 0.3) is 0 Å². The van der Waals surface area contributed by atoms with Gasteiger partial charge in [-0.3, -0.25) is 0 Å². The fraction of sp³-hybridized carbons (Fsp3) is 0.700. The molecule has 2 aromatic rings. The van der Waals surface area contributed by atoms with Gasteiger partial charge in [-0.15, -0.1) is 11.3 Å². The Bertz CT molecular complexity index is 795. The molecule has 7 heteroatoms. The number of hydrogen-bond acceptors (Lipinski definition) is 6. The maximum Gasteiger partial charge on any atom is 0.224 e. The molecular formula is C20H27ClN4OS. The smallest absolute Gasteiger partial charge is 0.224 e. The predicted molar refractivity (Wildman–Crippen MR) is 111 cm³/mol. The van der Waals surface area contributed by atoms with Gasteiger partial charge in [-0.05, 0) is 74.7 Å². The van der Waals surface area contributed by atoms with Crippen LogP contribution >= 0.6 is 22.9 Å². The summed E-state index contributed by atoms with van der Waals surface area (Å²) in [5.74, 6) is 2.79. The molecule has 146 valence electrons. The van der Waals surface area contributed by atoms with E-state index in [-0.39, 0.29) is 0 Å². The van der Waals surface area contributed by atoms with Crippen LogP contribution in [-0.2, 0) is 11.2 Å². The van der Waals surface area contributed by atoms with Gasteiger partial charge in [0.05, 0.1) is 23.4 Å². The SMILES string of the molecule is Clc1nc(N2CCOCC2)c2sc(CC3CCN(CC4CC4)CC3)cc2n1. The minimum atomic E-state index is 0.349. The molecule has 0 atom stereocenters. The fourth-order valence-corrected chi connectivity index (χ4v) is 5.75. The number of hydrogen-bond donors (Lipinski definition) is 0. The molecule has 3 aliphatic rings. The highest BCUT2D eigenvalue weighted by atomic mass is 35.5. The number of morpholine rings is 1. The highest BCUT2D eigenvalue weighted by molar-refractivity contribution is 7.19. The van der Waals surface area contributed by atoms with Crippen molar-refractivity contribution in [3.8, 4) is 0 Å². The van der Waals surface area contributed by atoms with Crippen LogP contribution in [0.4, 0.5) is 5.82 Å². The van der Waals surface area contributed by atoms with Gasteiger partial charge >= 0.3 is 0 Å². The molecule has 0 radical (unpaired) electrons. The maximum absolute atomic E-state index is 6.23. The van der Waals surface area contributed by atoms with E-state index in [2.05, 4.69) is 25.8 Å². The summed E-state index contributed by atoms with van der Waals surface area (Å²) in [6, 6.07) is 2.24. The lowest BCUT2D eigenvalue weighted by atomic mass is 9.93. The molecule has 0 amide bonds. The molecule has 1 saturated carbocycles. The lowest BCUT2D eigenvalue weighted by Crippen LogP contribution is -2.36. The van der Waals surface area contributed by atoms with Gasteiger partial charge in [0, 0.05) is 24.5 Å². The number of halogens is 1. The largest absolute Gasteiger partial charge is 0.378 e. The molecule has 0 N–H and O–H groups in total. The van der Waals surface area contributed by atoms with Crippen molar-refractivity contribution in [3.05, 3.63) is 16.2 Å². The maximum atomic E-state index is 6.23. The highest BCUT2D eigenvalue weighted by Crippen LogP contribution is 2.36. The van der Waals surface area contributed by atoms with Crippen molar-refractivity contribution in [2.75, 3.05) is 50.8 Å². The summed E-state index contributed by atoms with van der Waals surface area (Å²) >= 11 is 8.09. The summed E-state index contributed by atoms with van der Waals surface area (Å²) in [5.41, 5.74) is 1.00. The Balaban J connectivity index is 1.29. The van der Waals surface area contributed by atoms with E-state index in [1.54, 1.807) is 0 Å². The number of likely N-dealkylation sites (tertiary alicyclic amines) is 1. The molecule has 2 aromatic heterocycles. The van der Waals surface area contributed by atoms with Crippen LogP contribution in [0.5, 0.6) is 0 Å². The monoisotopic (exact) mass is 406 g/mol. The van der Waals surface area contributed by atoms with Gasteiger partial charge in [0.15, 0.2) is 5.82 Å². The van der Waals surface area contributed by atoms with Gasteiger partial charge in [-0.1, -0.05) is 0 Å². The van der Waals surface area contributed by atoms with Gasteiger partial charge in [-0.2, -0.15) is 4.98 Å². The quantitative estimate of drug-likeness (QED) is 0.705. The van der Waals surface area contributed by atoms with Crippen LogP contribution in [0.3, 0.4) is 0 Å². The lowest BCUT2D eigenvalue weighted by molar-refractivity contribution is 0.122. The Kier molecular flexibility index (Phi) is 5.24. The predicted octanol–water partition coefficient (Wildman–Crippen LogP) is 3.85. The standard InChI is InChI=1S/C20H27ClN4OS/c21-20-22-17-12-16(11-14-3-5-24(6-4-14)13-15-1-2-15)27-18(17)19(23-20)25-7-9-26-10-8-25/h12,14-15H,1-11,13H2. The third-order valence-electron chi connectivity index (χ3n) is 6.10. The average Bonchev–Trinajstić information content (AvgIpc) is 3.41. The first-order chi connectivity index (χ1) is 13.2. The first-order valence-corrected chi connectivity index (χ1v) is 11.4. The molecule has 4 heterocycles. The molecule has 1 aliphatic carbocycles. The average molecular weight is 407 g/mol. The highest BCUT2D eigenvalue weighted by Gasteiger charge is 2.27. The molecule has 2 saturated heterocycles. The third-order valence-corrected chi connectivity index (χ3v) is 7.41. The summed E-state index contributed by atoms with van der Waals surface area (Å²) < 4.78 is 6.67. The van der Waals surface area contributed by atoms with Gasteiger partial charge in [0.1, 0.15) is 0 Å². The topological polar surface area (TPSA) is 41.5 Å². The number of rotatable bonds is 5. The van der Waals surface area contributed by atoms with Crippen LogP contribution in [0.2, 0.25) is 5.28 Å². The zero-order valence-corrected chi connectivity index (χ0v) is 17.3. The molecular weight excluding hydrogens is 380 g/mol. The van der Waals surface area contributed by atoms with Gasteiger partial charge < -0.3 is 14.5 Å². The number of anilines is 1. The minimum Gasteiger partial charge on any atom is -0.378 e. The van der Waals surface area contributed by atoms with Crippen molar-refractivity contribution in [1.29, 1.82) is 0 Å². The second-order valence-electron chi connectivity index (χ2n) is 8.23. The zero-order chi connectivity index (χ0) is 18.2. The Labute approximate surface area is 169 Å². The summed E-state index contributed by atoms with van der Waals surface area (Å²) in [4.78, 5) is 15.4. The Morgan fingerprint density at radius 3 is 2.56 bits per heavy atom. The second-order valence-corrected chi connectivity index (χ2v) is 9.71. The van der Waals surface area contributed by atoms with Crippen LogP contribution in [0.15, 0.2) is 6.07 Å². The van der Waals surface area contributed by atoms with E-state index < -0.39 is 0 Å². The van der Waals surface area contributed by atoms with Crippen LogP contribution < -0.4 is 4.90 Å². The van der Waals surface area contributed by atoms with Gasteiger partial charge in [-0.25, -0.2) is 4.98 Å². The van der Waals surface area contributed by atoms with E-state index in [1.807, 2.05) is 11.3 Å². The molecule has 0 bridgehead atoms. The zero-order valence-electron chi connectivity index (χ0n) is 15.7. The summed E-state index contributed by atoms with van der Waals surface area (Å²) in [6.07, 6.45) is 6.72. The third kappa shape index (κ3) is 4.24. The molecule has 5 nitrogen and oxygen atoms in total. The summed E-state index contributed by atoms with van der Waals surface area (Å²) in [5, 5.41) is 0.349.